The van der Waals surface area contributed by atoms with E-state index in [0.29, 0.717) is 0 Å². The van der Waals surface area contributed by atoms with Gasteiger partial charge in [-0.25, -0.2) is 4.68 Å². The Morgan fingerprint density at radius 1 is 1.29 bits per heavy atom. The van der Waals surface area contributed by atoms with Crippen molar-refractivity contribution in [1.82, 2.24) is 20.3 Å². The minimum absolute atomic E-state index is 0.129. The van der Waals surface area contributed by atoms with E-state index >= 15 is 0 Å². The highest BCUT2D eigenvalue weighted by Gasteiger charge is 2.20. The zero-order chi connectivity index (χ0) is 15.2. The maximum absolute atomic E-state index is 4.23. The third kappa shape index (κ3) is 3.92. The van der Waals surface area contributed by atoms with Gasteiger partial charge in [0.1, 0.15) is 0 Å². The van der Waals surface area contributed by atoms with E-state index in [2.05, 4.69) is 70.5 Å². The Labute approximate surface area is 135 Å². The molecular weight excluding hydrogens is 328 g/mol. The number of aromatic nitrogens is 3. The Bertz CT molecular complexity index is 579. The van der Waals surface area contributed by atoms with Crippen LogP contribution >= 0.6 is 15.9 Å². The molecule has 1 aromatic heterocycles. The number of nitrogens with one attached hydrogen (secondary N) is 1. The molecular formula is C16H23BrN4. The molecule has 2 rings (SSSR count). The quantitative estimate of drug-likeness (QED) is 0.824. The van der Waals surface area contributed by atoms with Gasteiger partial charge >= 0.3 is 0 Å². The first-order valence-electron chi connectivity index (χ1n) is 7.55. The van der Waals surface area contributed by atoms with Gasteiger partial charge in [-0.05, 0) is 49.6 Å². The first-order chi connectivity index (χ1) is 10.2. The normalized spacial score (nSPS) is 12.6. The first kappa shape index (κ1) is 16.2. The summed E-state index contributed by atoms with van der Waals surface area (Å²) in [6.45, 7) is 8.35. The predicted molar refractivity (Wildman–Crippen MR) is 89.3 cm³/mol. The van der Waals surface area contributed by atoms with Gasteiger partial charge in [-0.15, -0.1) is 5.10 Å². The van der Waals surface area contributed by atoms with Crippen LogP contribution < -0.4 is 5.32 Å². The third-order valence-corrected chi connectivity index (χ3v) is 4.02. The van der Waals surface area contributed by atoms with E-state index in [1.54, 1.807) is 0 Å². The van der Waals surface area contributed by atoms with Crippen LogP contribution in [-0.4, -0.2) is 21.5 Å². The zero-order valence-electron chi connectivity index (χ0n) is 12.9. The van der Waals surface area contributed by atoms with Crippen LogP contribution in [0.3, 0.4) is 0 Å². The van der Waals surface area contributed by atoms with Crippen LogP contribution in [0.4, 0.5) is 0 Å². The third-order valence-electron chi connectivity index (χ3n) is 3.53. The molecule has 4 nitrogen and oxygen atoms in total. The van der Waals surface area contributed by atoms with E-state index < -0.39 is 0 Å². The fourth-order valence-corrected chi connectivity index (χ4v) is 2.84. The lowest BCUT2D eigenvalue weighted by Gasteiger charge is -2.22. The van der Waals surface area contributed by atoms with Gasteiger partial charge in [-0.1, -0.05) is 41.1 Å². The topological polar surface area (TPSA) is 42.7 Å². The summed E-state index contributed by atoms with van der Waals surface area (Å²) in [6, 6.07) is 6.54. The Kier molecular flexibility index (Phi) is 5.94. The highest BCUT2D eigenvalue weighted by molar-refractivity contribution is 9.10. The van der Waals surface area contributed by atoms with E-state index in [1.165, 1.54) is 11.1 Å². The van der Waals surface area contributed by atoms with Crippen molar-refractivity contribution in [2.24, 2.45) is 0 Å². The molecule has 2 aromatic rings. The van der Waals surface area contributed by atoms with Gasteiger partial charge in [0.05, 0.1) is 17.9 Å². The second kappa shape index (κ2) is 7.71. The SMILES string of the molecule is CCCNC(c1cc(Br)ccc1C)c1cnnn1CCC. The number of hydrogen-bond acceptors (Lipinski definition) is 3. The molecule has 0 radical (unpaired) electrons. The fraction of sp³-hybridized carbons (Fsp3) is 0.500. The van der Waals surface area contributed by atoms with Crippen molar-refractivity contribution in [1.29, 1.82) is 0 Å². The average molecular weight is 351 g/mol. The largest absolute Gasteiger partial charge is 0.305 e. The standard InChI is InChI=1S/C16H23BrN4/c1-4-8-18-16(14-10-13(17)7-6-12(14)3)15-11-19-20-21(15)9-5-2/h6-7,10-11,16,18H,4-5,8-9H2,1-3H3. The second-order valence-corrected chi connectivity index (χ2v) is 6.19. The monoisotopic (exact) mass is 350 g/mol. The minimum atomic E-state index is 0.129. The van der Waals surface area contributed by atoms with Gasteiger partial charge < -0.3 is 5.32 Å². The van der Waals surface area contributed by atoms with Crippen molar-refractivity contribution in [2.75, 3.05) is 6.54 Å². The van der Waals surface area contributed by atoms with Gasteiger partial charge in [0, 0.05) is 11.0 Å². The number of hydrogen-bond donors (Lipinski definition) is 1. The van der Waals surface area contributed by atoms with E-state index in [1.807, 2.05) is 10.9 Å². The highest BCUT2D eigenvalue weighted by Crippen LogP contribution is 2.27. The van der Waals surface area contributed by atoms with Crippen LogP contribution in [0.1, 0.15) is 49.6 Å². The van der Waals surface area contributed by atoms with E-state index in [-0.39, 0.29) is 6.04 Å². The van der Waals surface area contributed by atoms with Gasteiger partial charge in [0.15, 0.2) is 0 Å². The molecule has 0 aliphatic heterocycles. The number of rotatable bonds is 7. The molecule has 0 aliphatic carbocycles. The molecule has 0 saturated carbocycles. The molecule has 0 saturated heterocycles. The molecule has 1 N–H and O–H groups in total. The summed E-state index contributed by atoms with van der Waals surface area (Å²) in [4.78, 5) is 0. The maximum atomic E-state index is 4.23. The molecule has 0 bridgehead atoms. The Hall–Kier alpha value is -1.20. The minimum Gasteiger partial charge on any atom is -0.305 e. The molecule has 1 aromatic carbocycles. The van der Waals surface area contributed by atoms with E-state index in [9.17, 15) is 0 Å². The molecule has 21 heavy (non-hydrogen) atoms. The molecule has 0 spiro atoms. The molecule has 0 amide bonds. The van der Waals surface area contributed by atoms with Crippen molar-refractivity contribution >= 4 is 15.9 Å². The van der Waals surface area contributed by atoms with Crippen molar-refractivity contribution in [3.8, 4) is 0 Å². The van der Waals surface area contributed by atoms with E-state index in [0.717, 1.165) is 36.1 Å². The smallest absolute Gasteiger partial charge is 0.0802 e. The average Bonchev–Trinajstić information content (AvgIpc) is 2.92. The summed E-state index contributed by atoms with van der Waals surface area (Å²) in [5.41, 5.74) is 3.68. The fourth-order valence-electron chi connectivity index (χ4n) is 2.46. The van der Waals surface area contributed by atoms with Crippen LogP contribution in [0.5, 0.6) is 0 Å². The summed E-state index contributed by atoms with van der Waals surface area (Å²) in [5, 5.41) is 12.0. The molecule has 1 atom stereocenters. The van der Waals surface area contributed by atoms with E-state index in [4.69, 9.17) is 0 Å². The maximum Gasteiger partial charge on any atom is 0.0802 e. The van der Waals surface area contributed by atoms with Crippen LogP contribution in [0.2, 0.25) is 0 Å². The van der Waals surface area contributed by atoms with Crippen LogP contribution in [-0.2, 0) is 6.54 Å². The predicted octanol–water partition coefficient (Wildman–Crippen LogP) is 3.85. The molecule has 5 heteroatoms. The number of aryl methyl sites for hydroxylation is 2. The molecule has 114 valence electrons. The lowest BCUT2D eigenvalue weighted by Crippen LogP contribution is -2.26. The lowest BCUT2D eigenvalue weighted by molar-refractivity contribution is 0.503. The summed E-state index contributed by atoms with van der Waals surface area (Å²) in [6.07, 6.45) is 4.02. The van der Waals surface area contributed by atoms with Crippen molar-refractivity contribution in [2.45, 2.75) is 46.2 Å². The van der Waals surface area contributed by atoms with Crippen molar-refractivity contribution in [3.05, 3.63) is 45.7 Å². The Morgan fingerprint density at radius 2 is 2.10 bits per heavy atom. The molecule has 1 heterocycles. The second-order valence-electron chi connectivity index (χ2n) is 5.27. The summed E-state index contributed by atoms with van der Waals surface area (Å²) >= 11 is 3.58. The lowest BCUT2D eigenvalue weighted by atomic mass is 9.98. The zero-order valence-corrected chi connectivity index (χ0v) is 14.5. The highest BCUT2D eigenvalue weighted by atomic mass is 79.9. The molecule has 0 aliphatic rings. The summed E-state index contributed by atoms with van der Waals surface area (Å²) in [5.74, 6) is 0. The van der Waals surface area contributed by atoms with Crippen molar-refractivity contribution in [3.63, 3.8) is 0 Å². The van der Waals surface area contributed by atoms with Crippen LogP contribution in [0.15, 0.2) is 28.9 Å². The Morgan fingerprint density at radius 3 is 2.81 bits per heavy atom. The van der Waals surface area contributed by atoms with Crippen LogP contribution in [0.25, 0.3) is 0 Å². The number of benzene rings is 1. The summed E-state index contributed by atoms with van der Waals surface area (Å²) in [7, 11) is 0. The number of nitrogens with zero attached hydrogens (tertiary/aromatic N) is 3. The van der Waals surface area contributed by atoms with Gasteiger partial charge in [-0.3, -0.25) is 0 Å². The molecule has 0 fully saturated rings. The van der Waals surface area contributed by atoms with Gasteiger partial charge in [0.25, 0.3) is 0 Å². The van der Waals surface area contributed by atoms with Gasteiger partial charge in [0.2, 0.25) is 0 Å². The number of halogens is 1. The van der Waals surface area contributed by atoms with Crippen molar-refractivity contribution < 1.29 is 0 Å². The molecule has 1 unspecified atom stereocenters. The Balaban J connectivity index is 2.42. The van der Waals surface area contributed by atoms with Crippen LogP contribution in [0, 0.1) is 6.92 Å². The summed E-state index contributed by atoms with van der Waals surface area (Å²) < 4.78 is 3.11. The van der Waals surface area contributed by atoms with Gasteiger partial charge in [-0.2, -0.15) is 0 Å². The first-order valence-corrected chi connectivity index (χ1v) is 8.34.